The number of nitrogens with one attached hydrogen (secondary N) is 1. The van der Waals surface area contributed by atoms with Gasteiger partial charge < -0.3 is 10.4 Å². The van der Waals surface area contributed by atoms with Crippen LogP contribution in [0.25, 0.3) is 0 Å². The number of benzene rings is 1. The summed E-state index contributed by atoms with van der Waals surface area (Å²) in [6.45, 7) is -0.321. The predicted octanol–water partition coefficient (Wildman–Crippen LogP) is 3.08. The molecule has 21 heavy (non-hydrogen) atoms. The van der Waals surface area contributed by atoms with E-state index in [0.717, 1.165) is 25.7 Å². The van der Waals surface area contributed by atoms with E-state index < -0.39 is 5.82 Å². The number of halogens is 1. The van der Waals surface area contributed by atoms with E-state index >= 15 is 0 Å². The highest BCUT2D eigenvalue weighted by Gasteiger charge is 2.20. The zero-order chi connectivity index (χ0) is 15.1. The summed E-state index contributed by atoms with van der Waals surface area (Å²) in [5.74, 6) is 4.54. The second-order valence-electron chi connectivity index (χ2n) is 5.33. The van der Waals surface area contributed by atoms with Gasteiger partial charge in [-0.2, -0.15) is 0 Å². The molecule has 2 N–H and O–H groups in total. The lowest BCUT2D eigenvalue weighted by molar-refractivity contribution is -0.120. The first kappa shape index (κ1) is 15.5. The molecule has 0 unspecified atom stereocenters. The third-order valence-electron chi connectivity index (χ3n) is 3.76. The summed E-state index contributed by atoms with van der Waals surface area (Å²) in [7, 11) is 0. The molecule has 1 aliphatic rings. The first-order valence-electron chi connectivity index (χ1n) is 7.41. The predicted molar refractivity (Wildman–Crippen MR) is 80.2 cm³/mol. The number of amides is 1. The SMILES string of the molecule is O=C(Nc1ccc(F)c(C#CCO)c1)C1CCCCCC1. The van der Waals surface area contributed by atoms with Crippen LogP contribution in [0.2, 0.25) is 0 Å². The van der Waals surface area contributed by atoms with E-state index in [0.29, 0.717) is 5.69 Å². The van der Waals surface area contributed by atoms with Gasteiger partial charge in [0.05, 0.1) is 5.56 Å². The molecule has 1 aromatic carbocycles. The normalized spacial score (nSPS) is 15.7. The van der Waals surface area contributed by atoms with Crippen LogP contribution in [0, 0.1) is 23.6 Å². The number of hydrogen-bond acceptors (Lipinski definition) is 2. The van der Waals surface area contributed by atoms with Gasteiger partial charge in [-0.15, -0.1) is 0 Å². The maximum atomic E-state index is 13.5. The van der Waals surface area contributed by atoms with E-state index in [9.17, 15) is 9.18 Å². The first-order chi connectivity index (χ1) is 10.2. The Hall–Kier alpha value is -1.86. The number of anilines is 1. The van der Waals surface area contributed by atoms with Crippen LogP contribution in [-0.2, 0) is 4.79 Å². The Kier molecular flexibility index (Phi) is 5.77. The number of carbonyl (C=O) groups excluding carboxylic acids is 1. The van der Waals surface area contributed by atoms with E-state index in [-0.39, 0.29) is 24.0 Å². The lowest BCUT2D eigenvalue weighted by atomic mass is 9.99. The topological polar surface area (TPSA) is 49.3 Å². The highest BCUT2D eigenvalue weighted by Crippen LogP contribution is 2.24. The molecule has 0 spiro atoms. The van der Waals surface area contributed by atoms with Crippen molar-refractivity contribution in [1.82, 2.24) is 0 Å². The Bertz CT molecular complexity index is 552. The molecule has 3 nitrogen and oxygen atoms in total. The average Bonchev–Trinajstić information content (AvgIpc) is 2.77. The molecular weight excluding hydrogens is 269 g/mol. The maximum absolute atomic E-state index is 13.5. The molecule has 1 saturated carbocycles. The Morgan fingerprint density at radius 2 is 2.00 bits per heavy atom. The first-order valence-corrected chi connectivity index (χ1v) is 7.41. The Morgan fingerprint density at radius 3 is 2.67 bits per heavy atom. The Morgan fingerprint density at radius 1 is 1.29 bits per heavy atom. The molecule has 1 fully saturated rings. The molecule has 0 aromatic heterocycles. The zero-order valence-corrected chi connectivity index (χ0v) is 12.0. The summed E-state index contributed by atoms with van der Waals surface area (Å²) in [6.07, 6.45) is 6.42. The fourth-order valence-corrected chi connectivity index (χ4v) is 2.62. The fourth-order valence-electron chi connectivity index (χ4n) is 2.62. The van der Waals surface area contributed by atoms with Crippen molar-refractivity contribution in [1.29, 1.82) is 0 Å². The number of rotatable bonds is 2. The third kappa shape index (κ3) is 4.57. The molecule has 0 bridgehead atoms. The van der Waals surface area contributed by atoms with Gasteiger partial charge in [-0.05, 0) is 31.0 Å². The van der Waals surface area contributed by atoms with Crippen LogP contribution in [0.3, 0.4) is 0 Å². The van der Waals surface area contributed by atoms with Gasteiger partial charge in [-0.25, -0.2) is 4.39 Å². The van der Waals surface area contributed by atoms with Crippen molar-refractivity contribution in [3.05, 3.63) is 29.6 Å². The standard InChI is InChI=1S/C17H20FNO2/c18-16-10-9-15(12-14(16)8-5-11-20)19-17(21)13-6-3-1-2-4-7-13/h9-10,12-13,20H,1-4,6-7,11H2,(H,19,21). The van der Waals surface area contributed by atoms with Gasteiger partial charge in [0.15, 0.2) is 0 Å². The monoisotopic (exact) mass is 289 g/mol. The molecule has 1 aromatic rings. The minimum absolute atomic E-state index is 0.00424. The quantitative estimate of drug-likeness (QED) is 0.649. The number of hydrogen-bond donors (Lipinski definition) is 2. The average molecular weight is 289 g/mol. The lowest BCUT2D eigenvalue weighted by Gasteiger charge is -2.14. The summed E-state index contributed by atoms with van der Waals surface area (Å²) in [5, 5.41) is 11.5. The largest absolute Gasteiger partial charge is 0.384 e. The smallest absolute Gasteiger partial charge is 0.227 e. The highest BCUT2D eigenvalue weighted by atomic mass is 19.1. The van der Waals surface area contributed by atoms with Crippen LogP contribution in [0.5, 0.6) is 0 Å². The van der Waals surface area contributed by atoms with Gasteiger partial charge in [-0.3, -0.25) is 4.79 Å². The molecule has 1 aliphatic carbocycles. The second kappa shape index (κ2) is 7.80. The van der Waals surface area contributed by atoms with Crippen molar-refractivity contribution in [3.63, 3.8) is 0 Å². The van der Waals surface area contributed by atoms with E-state index in [1.165, 1.54) is 31.0 Å². The van der Waals surface area contributed by atoms with Crippen molar-refractivity contribution >= 4 is 11.6 Å². The summed E-state index contributed by atoms with van der Waals surface area (Å²) >= 11 is 0. The van der Waals surface area contributed by atoms with Crippen molar-refractivity contribution in [2.45, 2.75) is 38.5 Å². The number of aliphatic hydroxyl groups excluding tert-OH is 1. The van der Waals surface area contributed by atoms with Crippen LogP contribution in [0.15, 0.2) is 18.2 Å². The summed E-state index contributed by atoms with van der Waals surface area (Å²) < 4.78 is 13.5. The maximum Gasteiger partial charge on any atom is 0.227 e. The summed E-state index contributed by atoms with van der Waals surface area (Å²) in [6, 6.07) is 4.32. The van der Waals surface area contributed by atoms with Gasteiger partial charge >= 0.3 is 0 Å². The van der Waals surface area contributed by atoms with Crippen molar-refractivity contribution in [3.8, 4) is 11.8 Å². The zero-order valence-electron chi connectivity index (χ0n) is 12.0. The summed E-state index contributed by atoms with van der Waals surface area (Å²) in [5.41, 5.74) is 0.732. The van der Waals surface area contributed by atoms with Gasteiger partial charge in [0.25, 0.3) is 0 Å². The minimum Gasteiger partial charge on any atom is -0.384 e. The Labute approximate surface area is 124 Å². The lowest BCUT2D eigenvalue weighted by Crippen LogP contribution is -2.22. The third-order valence-corrected chi connectivity index (χ3v) is 3.76. The van der Waals surface area contributed by atoms with E-state index in [1.807, 2.05) is 0 Å². The van der Waals surface area contributed by atoms with E-state index in [2.05, 4.69) is 17.2 Å². The van der Waals surface area contributed by atoms with Gasteiger partial charge in [0, 0.05) is 11.6 Å². The van der Waals surface area contributed by atoms with Crippen LogP contribution in [-0.4, -0.2) is 17.6 Å². The minimum atomic E-state index is -0.455. The van der Waals surface area contributed by atoms with Crippen LogP contribution in [0.1, 0.15) is 44.1 Å². The molecule has 0 radical (unpaired) electrons. The number of aliphatic hydroxyl groups is 1. The molecule has 112 valence electrons. The summed E-state index contributed by atoms with van der Waals surface area (Å²) in [4.78, 5) is 12.2. The molecular formula is C17H20FNO2. The Balaban J connectivity index is 2.06. The van der Waals surface area contributed by atoms with Gasteiger partial charge in [-0.1, -0.05) is 37.5 Å². The van der Waals surface area contributed by atoms with Gasteiger partial charge in [0.1, 0.15) is 12.4 Å². The van der Waals surface area contributed by atoms with Crippen LogP contribution < -0.4 is 5.32 Å². The number of carbonyl (C=O) groups is 1. The van der Waals surface area contributed by atoms with Crippen LogP contribution >= 0.6 is 0 Å². The molecule has 0 heterocycles. The molecule has 0 atom stereocenters. The molecule has 0 saturated heterocycles. The fraction of sp³-hybridized carbons (Fsp3) is 0.471. The molecule has 1 amide bonds. The van der Waals surface area contributed by atoms with Crippen molar-refractivity contribution < 1.29 is 14.3 Å². The van der Waals surface area contributed by atoms with Crippen molar-refractivity contribution in [2.75, 3.05) is 11.9 Å². The molecule has 0 aliphatic heterocycles. The molecule has 2 rings (SSSR count). The van der Waals surface area contributed by atoms with Crippen LogP contribution in [0.4, 0.5) is 10.1 Å². The van der Waals surface area contributed by atoms with Crippen molar-refractivity contribution in [2.24, 2.45) is 5.92 Å². The highest BCUT2D eigenvalue weighted by molar-refractivity contribution is 5.92. The molecule has 4 heteroatoms. The second-order valence-corrected chi connectivity index (χ2v) is 5.33. The van der Waals surface area contributed by atoms with E-state index in [1.54, 1.807) is 0 Å². The van der Waals surface area contributed by atoms with E-state index in [4.69, 9.17) is 5.11 Å². The van der Waals surface area contributed by atoms with Gasteiger partial charge in [0.2, 0.25) is 5.91 Å².